The number of hydroxylamine groups is 1. The van der Waals surface area contributed by atoms with Gasteiger partial charge in [0.15, 0.2) is 0 Å². The van der Waals surface area contributed by atoms with Crippen LogP contribution in [0, 0.1) is 11.7 Å². The zero-order chi connectivity index (χ0) is 18.6. The van der Waals surface area contributed by atoms with Crippen LogP contribution in [0.2, 0.25) is 0 Å². The van der Waals surface area contributed by atoms with Gasteiger partial charge >= 0.3 is 5.69 Å². The number of halogens is 1. The Labute approximate surface area is 142 Å². The summed E-state index contributed by atoms with van der Waals surface area (Å²) in [5.41, 5.74) is 1.46. The second kappa shape index (κ2) is 7.95. The summed E-state index contributed by atoms with van der Waals surface area (Å²) in [7, 11) is 0. The molecule has 0 spiro atoms. The number of aromatic nitrogens is 2. The topological polar surface area (TPSA) is 117 Å². The Morgan fingerprint density at radius 2 is 2.12 bits per heavy atom. The van der Waals surface area contributed by atoms with Crippen molar-refractivity contribution in [1.29, 1.82) is 0 Å². The van der Waals surface area contributed by atoms with Gasteiger partial charge in [-0.3, -0.25) is 10.0 Å². The van der Waals surface area contributed by atoms with E-state index < -0.39 is 29.3 Å². The molecule has 2 aromatic rings. The van der Waals surface area contributed by atoms with Crippen LogP contribution in [0.5, 0.6) is 5.88 Å². The van der Waals surface area contributed by atoms with E-state index in [-0.39, 0.29) is 24.8 Å². The Kier molecular flexibility index (Phi) is 5.94. The number of amides is 1. The van der Waals surface area contributed by atoms with Gasteiger partial charge in [-0.25, -0.2) is 19.2 Å². The first-order valence-electron chi connectivity index (χ1n) is 7.63. The highest BCUT2D eigenvalue weighted by Gasteiger charge is 2.29. The van der Waals surface area contributed by atoms with Gasteiger partial charge in [0.25, 0.3) is 5.91 Å². The third kappa shape index (κ3) is 4.25. The van der Waals surface area contributed by atoms with Crippen LogP contribution in [0.15, 0.2) is 29.1 Å². The highest BCUT2D eigenvalue weighted by Crippen LogP contribution is 2.24. The van der Waals surface area contributed by atoms with E-state index in [0.717, 1.165) is 4.57 Å². The molecule has 4 N–H and O–H groups in total. The molecule has 0 fully saturated rings. The van der Waals surface area contributed by atoms with Crippen LogP contribution in [-0.4, -0.2) is 25.8 Å². The molecule has 136 valence electrons. The highest BCUT2D eigenvalue weighted by atomic mass is 19.1. The Morgan fingerprint density at radius 1 is 1.40 bits per heavy atom. The molecular formula is C16H20FN3O5. The molecule has 1 heterocycles. The number of ether oxygens (including phenoxy) is 1. The van der Waals surface area contributed by atoms with Gasteiger partial charge in [0.2, 0.25) is 5.88 Å². The number of H-pyrrole nitrogens is 1. The van der Waals surface area contributed by atoms with Crippen LogP contribution >= 0.6 is 0 Å². The van der Waals surface area contributed by atoms with E-state index in [1.165, 1.54) is 17.6 Å². The van der Waals surface area contributed by atoms with Gasteiger partial charge in [-0.15, -0.1) is 0 Å². The molecule has 0 saturated carbocycles. The van der Waals surface area contributed by atoms with Crippen molar-refractivity contribution in [3.05, 3.63) is 51.8 Å². The monoisotopic (exact) mass is 353 g/mol. The molecule has 0 aliphatic carbocycles. The number of carbonyl (C=O) groups is 1. The zero-order valence-electron chi connectivity index (χ0n) is 13.8. The van der Waals surface area contributed by atoms with Crippen molar-refractivity contribution in [3.8, 4) is 5.88 Å². The predicted octanol–water partition coefficient (Wildman–Crippen LogP) is 1.44. The number of carbonyl (C=O) groups excluding carboxylic acids is 1. The molecule has 1 unspecified atom stereocenters. The van der Waals surface area contributed by atoms with Crippen LogP contribution in [0.1, 0.15) is 31.1 Å². The van der Waals surface area contributed by atoms with Gasteiger partial charge in [-0.2, -0.15) is 0 Å². The lowest BCUT2D eigenvalue weighted by atomic mass is 10.0. The van der Waals surface area contributed by atoms with E-state index in [1.54, 1.807) is 26.0 Å². The Morgan fingerprint density at radius 3 is 2.72 bits per heavy atom. The van der Waals surface area contributed by atoms with Gasteiger partial charge in [0.1, 0.15) is 17.6 Å². The van der Waals surface area contributed by atoms with Crippen molar-refractivity contribution in [1.82, 2.24) is 15.0 Å². The second-order valence-electron chi connectivity index (χ2n) is 5.89. The van der Waals surface area contributed by atoms with Crippen LogP contribution < -0.4 is 11.2 Å². The Bertz CT molecular complexity index is 799. The average Bonchev–Trinajstić information content (AvgIpc) is 2.82. The van der Waals surface area contributed by atoms with E-state index in [4.69, 9.17) is 9.94 Å². The summed E-state index contributed by atoms with van der Waals surface area (Å²) in [6.45, 7) is 3.27. The maximum Gasteiger partial charge on any atom is 0.329 e. The minimum atomic E-state index is -1.09. The lowest BCUT2D eigenvalue weighted by Crippen LogP contribution is -2.37. The number of nitrogens with one attached hydrogen (secondary N) is 2. The number of aromatic amines is 1. The zero-order valence-corrected chi connectivity index (χ0v) is 13.8. The molecule has 1 amide bonds. The second-order valence-corrected chi connectivity index (χ2v) is 5.89. The van der Waals surface area contributed by atoms with Crippen molar-refractivity contribution in [3.63, 3.8) is 0 Å². The maximum atomic E-state index is 13.1. The first-order chi connectivity index (χ1) is 11.8. The number of aromatic hydroxyl groups is 1. The van der Waals surface area contributed by atoms with Gasteiger partial charge in [0, 0.05) is 0 Å². The van der Waals surface area contributed by atoms with E-state index in [9.17, 15) is 19.1 Å². The molecule has 0 radical (unpaired) electrons. The molecule has 1 aromatic heterocycles. The summed E-state index contributed by atoms with van der Waals surface area (Å²) < 4.78 is 19.3. The van der Waals surface area contributed by atoms with Crippen LogP contribution in [0.25, 0.3) is 0 Å². The van der Waals surface area contributed by atoms with Crippen LogP contribution in [0.4, 0.5) is 4.39 Å². The smallest absolute Gasteiger partial charge is 0.329 e. The fourth-order valence-electron chi connectivity index (χ4n) is 2.53. The van der Waals surface area contributed by atoms with Crippen molar-refractivity contribution in [2.75, 3.05) is 0 Å². The summed E-state index contributed by atoms with van der Waals surface area (Å²) in [5.74, 6) is -2.03. The fourth-order valence-corrected chi connectivity index (χ4v) is 2.53. The quantitative estimate of drug-likeness (QED) is 0.444. The summed E-state index contributed by atoms with van der Waals surface area (Å²) >= 11 is 0. The molecule has 2 rings (SSSR count). The fraction of sp³-hybridized carbons (Fsp3) is 0.375. The molecule has 8 nitrogen and oxygen atoms in total. The number of benzene rings is 1. The van der Waals surface area contributed by atoms with Gasteiger partial charge in [-0.1, -0.05) is 26.0 Å². The molecule has 1 aromatic carbocycles. The molecule has 0 aliphatic heterocycles. The summed E-state index contributed by atoms with van der Waals surface area (Å²) in [6, 6.07) is 4.76. The molecule has 0 saturated heterocycles. The van der Waals surface area contributed by atoms with Crippen LogP contribution in [-0.2, 0) is 22.7 Å². The summed E-state index contributed by atoms with van der Waals surface area (Å²) in [4.78, 5) is 26.3. The largest absolute Gasteiger partial charge is 0.493 e. The third-order valence-electron chi connectivity index (χ3n) is 3.67. The first kappa shape index (κ1) is 18.7. The average molecular weight is 353 g/mol. The molecule has 0 aliphatic rings. The standard InChI is InChI=1S/C16H20FN3O5/c1-9(2)13(14(21)19-24)20-15(22)12(18-16(20)23)8-25-7-10-4-3-5-11(17)6-10/h3-6,9,13,22,24H,7-8H2,1-2H3,(H,18,23)(H,19,21). The van der Waals surface area contributed by atoms with Gasteiger partial charge < -0.3 is 14.8 Å². The number of hydrogen-bond donors (Lipinski definition) is 4. The van der Waals surface area contributed by atoms with E-state index >= 15 is 0 Å². The van der Waals surface area contributed by atoms with Gasteiger partial charge in [0.05, 0.1) is 13.2 Å². The predicted molar refractivity (Wildman–Crippen MR) is 85.4 cm³/mol. The normalized spacial score (nSPS) is 12.4. The number of hydrogen-bond acceptors (Lipinski definition) is 5. The van der Waals surface area contributed by atoms with E-state index in [0.29, 0.717) is 5.56 Å². The summed E-state index contributed by atoms with van der Waals surface area (Å²) in [6.07, 6.45) is 0. The number of imidazole rings is 1. The third-order valence-corrected chi connectivity index (χ3v) is 3.67. The SMILES string of the molecule is CC(C)C(C(=O)NO)n1c(O)c(COCc2cccc(F)c2)[nH]c1=O. The van der Waals surface area contributed by atoms with Crippen molar-refractivity contribution < 1.29 is 24.2 Å². The molecule has 25 heavy (non-hydrogen) atoms. The Hall–Kier alpha value is -2.65. The minimum absolute atomic E-state index is 0.0785. The molecule has 9 heteroatoms. The van der Waals surface area contributed by atoms with E-state index in [1.807, 2.05) is 0 Å². The molecule has 0 bridgehead atoms. The number of nitrogens with zero attached hydrogens (tertiary/aromatic N) is 1. The highest BCUT2D eigenvalue weighted by molar-refractivity contribution is 5.79. The number of rotatable bonds is 7. The Balaban J connectivity index is 2.15. The van der Waals surface area contributed by atoms with Crippen molar-refractivity contribution >= 4 is 5.91 Å². The van der Waals surface area contributed by atoms with E-state index in [2.05, 4.69) is 4.98 Å². The van der Waals surface area contributed by atoms with Gasteiger partial charge in [-0.05, 0) is 23.6 Å². The minimum Gasteiger partial charge on any atom is -0.493 e. The molecular weight excluding hydrogens is 333 g/mol. The molecule has 1 atom stereocenters. The first-order valence-corrected chi connectivity index (χ1v) is 7.63. The maximum absolute atomic E-state index is 13.1. The van der Waals surface area contributed by atoms with Crippen molar-refractivity contribution in [2.24, 2.45) is 5.92 Å². The lowest BCUT2D eigenvalue weighted by molar-refractivity contribution is -0.134. The summed E-state index contributed by atoms with van der Waals surface area (Å²) in [5, 5.41) is 19.1. The van der Waals surface area contributed by atoms with Crippen LogP contribution in [0.3, 0.4) is 0 Å². The lowest BCUT2D eigenvalue weighted by Gasteiger charge is -2.19. The van der Waals surface area contributed by atoms with Crippen molar-refractivity contribution in [2.45, 2.75) is 33.1 Å².